The molecular formula is C61H43N4+. The molecule has 0 aliphatic carbocycles. The smallest absolute Gasteiger partial charge is 0.255 e. The van der Waals surface area contributed by atoms with Crippen LogP contribution < -0.4 is 4.57 Å². The predicted molar refractivity (Wildman–Crippen MR) is 266 cm³/mol. The summed E-state index contributed by atoms with van der Waals surface area (Å²) in [5.74, 6) is 0.868. The molecule has 9 aromatic carbocycles. The molecule has 4 nitrogen and oxygen atoms in total. The maximum absolute atomic E-state index is 5.13. The lowest BCUT2D eigenvalue weighted by Gasteiger charge is -2.37. The van der Waals surface area contributed by atoms with Crippen molar-refractivity contribution in [3.8, 4) is 39.4 Å². The Labute approximate surface area is 378 Å². The largest absolute Gasteiger partial charge is 0.294 e. The highest BCUT2D eigenvalue weighted by atomic mass is 15.1. The first kappa shape index (κ1) is 38.1. The van der Waals surface area contributed by atoms with Crippen molar-refractivity contribution >= 4 is 32.8 Å². The minimum absolute atomic E-state index is 0.712. The predicted octanol–water partition coefficient (Wildman–Crippen LogP) is 14.1. The van der Waals surface area contributed by atoms with Gasteiger partial charge in [-0.1, -0.05) is 188 Å². The molecule has 0 unspecified atom stereocenters. The van der Waals surface area contributed by atoms with Gasteiger partial charge in [-0.15, -0.1) is 0 Å². The van der Waals surface area contributed by atoms with Crippen molar-refractivity contribution < 1.29 is 4.57 Å². The van der Waals surface area contributed by atoms with E-state index in [-0.39, 0.29) is 0 Å². The van der Waals surface area contributed by atoms with Crippen molar-refractivity contribution in [2.24, 2.45) is 0 Å². The van der Waals surface area contributed by atoms with E-state index in [1.54, 1.807) is 0 Å². The summed E-state index contributed by atoms with van der Waals surface area (Å²) in [5.41, 5.74) is 15.3. The van der Waals surface area contributed by atoms with E-state index in [1.165, 1.54) is 38.6 Å². The van der Waals surface area contributed by atoms with Gasteiger partial charge in [0.15, 0.2) is 11.0 Å². The van der Waals surface area contributed by atoms with Gasteiger partial charge in [-0.05, 0) is 105 Å². The van der Waals surface area contributed by atoms with Gasteiger partial charge in [-0.2, -0.15) is 9.13 Å². The van der Waals surface area contributed by atoms with E-state index >= 15 is 0 Å². The molecule has 0 fully saturated rings. The monoisotopic (exact) mass is 831 g/mol. The third kappa shape index (κ3) is 6.38. The van der Waals surface area contributed by atoms with Crippen LogP contribution in [-0.2, 0) is 5.41 Å². The Hall–Kier alpha value is -8.60. The molecule has 12 rings (SSSR count). The molecule has 0 saturated carbocycles. The number of imidazole rings is 1. The van der Waals surface area contributed by atoms with Crippen LogP contribution in [0.25, 0.3) is 72.3 Å². The van der Waals surface area contributed by atoms with Crippen LogP contribution in [0.4, 0.5) is 0 Å². The quantitative estimate of drug-likeness (QED) is 0.105. The molecule has 0 radical (unpaired) electrons. The maximum Gasteiger partial charge on any atom is 0.255 e. The Balaban J connectivity index is 1.10. The summed E-state index contributed by atoms with van der Waals surface area (Å²) in [5, 5.41) is 2.36. The van der Waals surface area contributed by atoms with Crippen LogP contribution in [0.2, 0.25) is 0 Å². The summed E-state index contributed by atoms with van der Waals surface area (Å²) in [4.78, 5) is 5.13. The first-order valence-corrected chi connectivity index (χ1v) is 22.2. The molecule has 3 heterocycles. The molecule has 0 amide bonds. The van der Waals surface area contributed by atoms with Crippen molar-refractivity contribution in [3.05, 3.63) is 283 Å². The molecule has 0 bridgehead atoms. The average molecular weight is 832 g/mol. The summed E-state index contributed by atoms with van der Waals surface area (Å²) >= 11 is 0. The van der Waals surface area contributed by atoms with Crippen molar-refractivity contribution in [1.82, 2.24) is 14.1 Å². The van der Waals surface area contributed by atoms with Crippen LogP contribution in [0.15, 0.2) is 261 Å². The number of rotatable bonds is 9. The van der Waals surface area contributed by atoms with Gasteiger partial charge in [0, 0.05) is 17.0 Å². The highest BCUT2D eigenvalue weighted by Gasteiger charge is 2.39. The number of hydrogen-bond donors (Lipinski definition) is 0. The first-order valence-electron chi connectivity index (χ1n) is 22.2. The molecule has 0 aliphatic heterocycles. The number of fused-ring (bicyclic) bond motifs is 4. The van der Waals surface area contributed by atoms with E-state index in [4.69, 9.17) is 4.98 Å². The molecule has 12 aromatic rings. The van der Waals surface area contributed by atoms with Gasteiger partial charge < -0.3 is 0 Å². The van der Waals surface area contributed by atoms with Crippen molar-refractivity contribution in [2.45, 2.75) is 5.41 Å². The highest BCUT2D eigenvalue weighted by molar-refractivity contribution is 6.09. The standard InChI is InChI=1S/C61H43N4/c1-5-20-44(21-6-1)52-30-13-14-31-53(52)45-38-39-62-60(40-45)65-56-33-16-15-32-54(56)55-37-36-49(42-59(55)65)61(46-22-7-2-8-23-46,47-24-9-3-10-25-47)48-26-19-29-51(41-48)64-43-63(50-27-11-4-12-28-50)57-34-17-18-35-58(57)64/h1-43H/q+1. The lowest BCUT2D eigenvalue weighted by atomic mass is 9.65. The molecule has 0 spiro atoms. The van der Waals surface area contributed by atoms with E-state index in [2.05, 4.69) is 269 Å². The second-order valence-electron chi connectivity index (χ2n) is 16.6. The molecule has 0 aliphatic rings. The van der Waals surface area contributed by atoms with Crippen LogP contribution >= 0.6 is 0 Å². The zero-order chi connectivity index (χ0) is 43.2. The minimum atomic E-state index is -0.712. The molecular weight excluding hydrogens is 789 g/mol. The Kier molecular flexibility index (Phi) is 9.35. The number of nitrogens with zero attached hydrogens (tertiary/aromatic N) is 4. The number of pyridine rings is 1. The van der Waals surface area contributed by atoms with Crippen molar-refractivity contribution in [3.63, 3.8) is 0 Å². The Morgan fingerprint density at radius 1 is 0.385 bits per heavy atom. The van der Waals surface area contributed by atoms with Crippen LogP contribution in [-0.4, -0.2) is 14.1 Å². The lowest BCUT2D eigenvalue weighted by Crippen LogP contribution is -2.31. The normalized spacial score (nSPS) is 11.7. The second-order valence-corrected chi connectivity index (χ2v) is 16.6. The fourth-order valence-corrected chi connectivity index (χ4v) is 10.1. The average Bonchev–Trinajstić information content (AvgIpc) is 3.94. The van der Waals surface area contributed by atoms with Crippen LogP contribution in [0.1, 0.15) is 22.3 Å². The Morgan fingerprint density at radius 2 is 0.954 bits per heavy atom. The summed E-state index contributed by atoms with van der Waals surface area (Å²) in [7, 11) is 0. The van der Waals surface area contributed by atoms with Crippen molar-refractivity contribution in [1.29, 1.82) is 0 Å². The third-order valence-electron chi connectivity index (χ3n) is 13.0. The van der Waals surface area contributed by atoms with E-state index in [9.17, 15) is 0 Å². The van der Waals surface area contributed by atoms with Gasteiger partial charge in [-0.25, -0.2) is 4.98 Å². The Morgan fingerprint density at radius 3 is 1.69 bits per heavy atom. The van der Waals surface area contributed by atoms with Crippen molar-refractivity contribution in [2.75, 3.05) is 0 Å². The van der Waals surface area contributed by atoms with Gasteiger partial charge in [-0.3, -0.25) is 4.57 Å². The fraction of sp³-hybridized carbons (Fsp3) is 0.0164. The maximum atomic E-state index is 5.13. The van der Waals surface area contributed by atoms with Gasteiger partial charge in [0.1, 0.15) is 17.2 Å². The van der Waals surface area contributed by atoms with Gasteiger partial charge in [0.05, 0.1) is 16.4 Å². The number of benzene rings is 9. The number of hydrogen-bond acceptors (Lipinski definition) is 1. The van der Waals surface area contributed by atoms with E-state index in [0.717, 1.165) is 55.9 Å². The zero-order valence-electron chi connectivity index (χ0n) is 35.6. The molecule has 0 N–H and O–H groups in total. The molecule has 3 aromatic heterocycles. The molecule has 65 heavy (non-hydrogen) atoms. The fourth-order valence-electron chi connectivity index (χ4n) is 10.1. The summed E-state index contributed by atoms with van der Waals surface area (Å²) in [6, 6.07) is 89.8. The zero-order valence-corrected chi connectivity index (χ0v) is 35.6. The van der Waals surface area contributed by atoms with Gasteiger partial charge in [0.2, 0.25) is 0 Å². The van der Waals surface area contributed by atoms with E-state index in [1.807, 2.05) is 6.20 Å². The lowest BCUT2D eigenvalue weighted by molar-refractivity contribution is -0.567. The molecule has 306 valence electrons. The summed E-state index contributed by atoms with van der Waals surface area (Å²) < 4.78 is 6.95. The van der Waals surface area contributed by atoms with Gasteiger partial charge in [0.25, 0.3) is 6.33 Å². The first-order chi connectivity index (χ1) is 32.3. The minimum Gasteiger partial charge on any atom is -0.294 e. The van der Waals surface area contributed by atoms with E-state index < -0.39 is 5.41 Å². The molecule has 0 saturated heterocycles. The van der Waals surface area contributed by atoms with E-state index in [0.29, 0.717) is 0 Å². The molecule has 4 heteroatoms. The van der Waals surface area contributed by atoms with Crippen LogP contribution in [0.3, 0.4) is 0 Å². The molecule has 0 atom stereocenters. The highest BCUT2D eigenvalue weighted by Crippen LogP contribution is 2.47. The summed E-state index contributed by atoms with van der Waals surface area (Å²) in [6.45, 7) is 0. The van der Waals surface area contributed by atoms with Crippen LogP contribution in [0, 0.1) is 0 Å². The Bertz CT molecular complexity index is 3610. The third-order valence-corrected chi connectivity index (χ3v) is 13.0. The number of aromatic nitrogens is 4. The van der Waals surface area contributed by atoms with Gasteiger partial charge >= 0.3 is 0 Å². The van der Waals surface area contributed by atoms with Crippen LogP contribution in [0.5, 0.6) is 0 Å². The summed E-state index contributed by atoms with van der Waals surface area (Å²) in [6.07, 6.45) is 4.17. The second kappa shape index (κ2) is 15.9. The number of para-hydroxylation sites is 4. The topological polar surface area (TPSA) is 26.6 Å². The SMILES string of the molecule is c1ccc(-c2ccccc2-c2ccnc(-n3c4ccccc4c4ccc(C(c5ccccc5)(c5ccccc5)c5cccc(-n6c[n+](-c7ccccc7)c7ccccc76)c5)cc43)c2)cc1.